The molecule has 0 aliphatic heterocycles. The van der Waals surface area contributed by atoms with Crippen molar-refractivity contribution < 1.29 is 0 Å². The van der Waals surface area contributed by atoms with E-state index in [0.29, 0.717) is 0 Å². The third-order valence-corrected chi connectivity index (χ3v) is 4.24. The highest BCUT2D eigenvalue weighted by molar-refractivity contribution is 7.98. The van der Waals surface area contributed by atoms with Crippen LogP contribution in [0.1, 0.15) is 30.2 Å². The van der Waals surface area contributed by atoms with Gasteiger partial charge in [0.15, 0.2) is 5.16 Å². The SMILES string of the molecule is CCCc1cc(=O)n(C)c(SCc2ccc(C)cc2)n1. The molecule has 0 spiro atoms. The Bertz CT molecular complexity index is 632. The molecule has 0 atom stereocenters. The van der Waals surface area contributed by atoms with Gasteiger partial charge in [0, 0.05) is 24.6 Å². The molecule has 0 radical (unpaired) electrons. The lowest BCUT2D eigenvalue weighted by atomic mass is 10.2. The summed E-state index contributed by atoms with van der Waals surface area (Å²) in [6, 6.07) is 10.1. The normalized spacial score (nSPS) is 10.8. The van der Waals surface area contributed by atoms with Gasteiger partial charge in [-0.3, -0.25) is 9.36 Å². The number of hydrogen-bond donors (Lipinski definition) is 0. The molecule has 2 aromatic rings. The van der Waals surface area contributed by atoms with Gasteiger partial charge in [-0.15, -0.1) is 0 Å². The molecule has 0 aliphatic carbocycles. The minimum atomic E-state index is 0.0230. The van der Waals surface area contributed by atoms with Crippen LogP contribution >= 0.6 is 11.8 Å². The number of aryl methyl sites for hydroxylation is 2. The monoisotopic (exact) mass is 288 g/mol. The second-order valence-electron chi connectivity index (χ2n) is 4.95. The van der Waals surface area contributed by atoms with Crippen LogP contribution in [0.3, 0.4) is 0 Å². The van der Waals surface area contributed by atoms with E-state index in [1.54, 1.807) is 29.4 Å². The Hall–Kier alpha value is -1.55. The van der Waals surface area contributed by atoms with Crippen molar-refractivity contribution in [3.05, 3.63) is 57.5 Å². The summed E-state index contributed by atoms with van der Waals surface area (Å²) in [7, 11) is 1.78. The topological polar surface area (TPSA) is 34.9 Å². The summed E-state index contributed by atoms with van der Waals surface area (Å²) in [5, 5.41) is 0.793. The minimum Gasteiger partial charge on any atom is -0.291 e. The Labute approximate surface area is 124 Å². The average molecular weight is 288 g/mol. The van der Waals surface area contributed by atoms with Crippen molar-refractivity contribution in [1.29, 1.82) is 0 Å². The van der Waals surface area contributed by atoms with Crippen molar-refractivity contribution in [3.63, 3.8) is 0 Å². The van der Waals surface area contributed by atoms with Crippen LogP contribution in [0.4, 0.5) is 0 Å². The van der Waals surface area contributed by atoms with Crippen molar-refractivity contribution in [2.75, 3.05) is 0 Å². The number of thioether (sulfide) groups is 1. The molecule has 4 heteroatoms. The molecule has 3 nitrogen and oxygen atoms in total. The zero-order valence-corrected chi connectivity index (χ0v) is 13.0. The van der Waals surface area contributed by atoms with Crippen molar-refractivity contribution in [2.24, 2.45) is 7.05 Å². The molecule has 0 saturated heterocycles. The third-order valence-electron chi connectivity index (χ3n) is 3.14. The quantitative estimate of drug-likeness (QED) is 0.625. The maximum Gasteiger partial charge on any atom is 0.254 e. The smallest absolute Gasteiger partial charge is 0.254 e. The van der Waals surface area contributed by atoms with Gasteiger partial charge in [0.2, 0.25) is 0 Å². The van der Waals surface area contributed by atoms with E-state index < -0.39 is 0 Å². The second-order valence-corrected chi connectivity index (χ2v) is 5.89. The van der Waals surface area contributed by atoms with Gasteiger partial charge in [-0.2, -0.15) is 0 Å². The summed E-state index contributed by atoms with van der Waals surface area (Å²) in [6.07, 6.45) is 1.86. The number of benzene rings is 1. The van der Waals surface area contributed by atoms with E-state index in [-0.39, 0.29) is 5.56 Å². The molecule has 0 fully saturated rings. The van der Waals surface area contributed by atoms with Gasteiger partial charge < -0.3 is 0 Å². The first kappa shape index (κ1) is 14.9. The Kier molecular flexibility index (Phi) is 5.01. The van der Waals surface area contributed by atoms with E-state index in [0.717, 1.165) is 29.4 Å². The van der Waals surface area contributed by atoms with Crippen LogP contribution in [0.25, 0.3) is 0 Å². The Morgan fingerprint density at radius 2 is 1.95 bits per heavy atom. The van der Waals surface area contributed by atoms with Crippen molar-refractivity contribution >= 4 is 11.8 Å². The summed E-state index contributed by atoms with van der Waals surface area (Å²) in [4.78, 5) is 16.5. The number of hydrogen-bond acceptors (Lipinski definition) is 3. The first-order valence-corrected chi connectivity index (χ1v) is 7.84. The van der Waals surface area contributed by atoms with Gasteiger partial charge in [-0.1, -0.05) is 54.9 Å². The average Bonchev–Trinajstić information content (AvgIpc) is 2.43. The van der Waals surface area contributed by atoms with Gasteiger partial charge in [0.1, 0.15) is 0 Å². The maximum atomic E-state index is 11.9. The molecule has 0 unspecified atom stereocenters. The van der Waals surface area contributed by atoms with Crippen LogP contribution in [0.5, 0.6) is 0 Å². The van der Waals surface area contributed by atoms with E-state index in [1.165, 1.54) is 11.1 Å². The summed E-state index contributed by atoms with van der Waals surface area (Å²) >= 11 is 1.61. The largest absolute Gasteiger partial charge is 0.291 e. The predicted molar refractivity (Wildman–Crippen MR) is 84.2 cm³/mol. The summed E-state index contributed by atoms with van der Waals surface area (Å²) < 4.78 is 1.62. The predicted octanol–water partition coefficient (Wildman–Crippen LogP) is 3.33. The van der Waals surface area contributed by atoms with E-state index in [2.05, 4.69) is 43.1 Å². The zero-order valence-electron chi connectivity index (χ0n) is 12.2. The van der Waals surface area contributed by atoms with Crippen molar-refractivity contribution in [1.82, 2.24) is 9.55 Å². The maximum absolute atomic E-state index is 11.9. The lowest BCUT2D eigenvalue weighted by Gasteiger charge is -2.09. The molecule has 2 rings (SSSR count). The minimum absolute atomic E-state index is 0.0230. The van der Waals surface area contributed by atoms with Crippen LogP contribution in [-0.4, -0.2) is 9.55 Å². The first-order valence-electron chi connectivity index (χ1n) is 6.85. The van der Waals surface area contributed by atoms with Gasteiger partial charge in [0.25, 0.3) is 5.56 Å². The van der Waals surface area contributed by atoms with E-state index >= 15 is 0 Å². The van der Waals surface area contributed by atoms with Crippen LogP contribution in [0.2, 0.25) is 0 Å². The molecular weight excluding hydrogens is 268 g/mol. The summed E-state index contributed by atoms with van der Waals surface area (Å²) in [5.41, 5.74) is 3.42. The van der Waals surface area contributed by atoms with E-state index in [1.807, 2.05) is 0 Å². The van der Waals surface area contributed by atoms with Crippen LogP contribution in [-0.2, 0) is 19.2 Å². The highest BCUT2D eigenvalue weighted by Crippen LogP contribution is 2.20. The molecule has 0 aliphatic rings. The molecule has 0 saturated carbocycles. The molecule has 0 N–H and O–H groups in total. The van der Waals surface area contributed by atoms with Gasteiger partial charge >= 0.3 is 0 Å². The van der Waals surface area contributed by atoms with Gasteiger partial charge in [-0.05, 0) is 18.9 Å². The molecule has 20 heavy (non-hydrogen) atoms. The molecule has 0 amide bonds. The molecule has 0 bridgehead atoms. The molecular formula is C16H20N2OS. The Balaban J connectivity index is 2.16. The lowest BCUT2D eigenvalue weighted by molar-refractivity contribution is 0.682. The Morgan fingerprint density at radius 1 is 1.25 bits per heavy atom. The van der Waals surface area contributed by atoms with Crippen molar-refractivity contribution in [3.8, 4) is 0 Å². The zero-order chi connectivity index (χ0) is 14.5. The number of aromatic nitrogens is 2. The second kappa shape index (κ2) is 6.75. The summed E-state index contributed by atoms with van der Waals surface area (Å²) in [5.74, 6) is 0.830. The fraction of sp³-hybridized carbons (Fsp3) is 0.375. The number of nitrogens with zero attached hydrogens (tertiary/aromatic N) is 2. The lowest BCUT2D eigenvalue weighted by Crippen LogP contribution is -2.20. The van der Waals surface area contributed by atoms with Crippen LogP contribution in [0, 0.1) is 6.92 Å². The summed E-state index contributed by atoms with van der Waals surface area (Å²) in [6.45, 7) is 4.18. The molecule has 1 heterocycles. The van der Waals surface area contributed by atoms with Gasteiger partial charge in [0.05, 0.1) is 0 Å². The third kappa shape index (κ3) is 3.73. The van der Waals surface area contributed by atoms with Crippen LogP contribution in [0.15, 0.2) is 40.3 Å². The molecule has 106 valence electrons. The highest BCUT2D eigenvalue weighted by atomic mass is 32.2. The van der Waals surface area contributed by atoms with Crippen LogP contribution < -0.4 is 5.56 Å². The molecule has 1 aromatic heterocycles. The highest BCUT2D eigenvalue weighted by Gasteiger charge is 2.06. The van der Waals surface area contributed by atoms with Gasteiger partial charge in [-0.25, -0.2) is 4.98 Å². The standard InChI is InChI=1S/C16H20N2OS/c1-4-5-14-10-15(19)18(3)16(17-14)20-11-13-8-6-12(2)7-9-13/h6-10H,4-5,11H2,1-3H3. The first-order chi connectivity index (χ1) is 9.60. The van der Waals surface area contributed by atoms with E-state index in [4.69, 9.17) is 0 Å². The fourth-order valence-corrected chi connectivity index (χ4v) is 2.86. The fourth-order valence-electron chi connectivity index (χ4n) is 1.91. The van der Waals surface area contributed by atoms with Crippen molar-refractivity contribution in [2.45, 2.75) is 37.6 Å². The number of rotatable bonds is 5. The molecule has 1 aromatic carbocycles. The van der Waals surface area contributed by atoms with E-state index in [9.17, 15) is 4.79 Å². The Morgan fingerprint density at radius 3 is 2.60 bits per heavy atom.